The number of benzene rings is 1. The zero-order valence-electron chi connectivity index (χ0n) is 16.2. The number of halogens is 1. The van der Waals surface area contributed by atoms with Gasteiger partial charge in [0.15, 0.2) is 0 Å². The van der Waals surface area contributed by atoms with Crippen LogP contribution in [0.1, 0.15) is 82.6 Å². The fourth-order valence-electron chi connectivity index (χ4n) is 4.73. The van der Waals surface area contributed by atoms with Crippen LogP contribution in [0.5, 0.6) is 0 Å². The Morgan fingerprint density at radius 1 is 0.962 bits per heavy atom. The SMILES string of the molecule is CCC[C@H]1CC[C@H](C=CC#C[C@H]2CC[C@H](c3ccc(F)cc3)CC2)CC1. The Bertz CT molecular complexity index is 614. The molecular formula is C25H33F. The van der Waals surface area contributed by atoms with Crippen molar-refractivity contribution >= 4 is 0 Å². The van der Waals surface area contributed by atoms with E-state index in [1.807, 2.05) is 12.1 Å². The molecule has 0 saturated heterocycles. The Kier molecular flexibility index (Phi) is 7.36. The first-order chi connectivity index (χ1) is 12.7. The van der Waals surface area contributed by atoms with Gasteiger partial charge in [0.2, 0.25) is 0 Å². The maximum Gasteiger partial charge on any atom is 0.123 e. The summed E-state index contributed by atoms with van der Waals surface area (Å²) in [6.07, 6.45) is 17.4. The van der Waals surface area contributed by atoms with Gasteiger partial charge in [0.1, 0.15) is 5.82 Å². The quantitative estimate of drug-likeness (QED) is 0.500. The molecule has 3 rings (SSSR count). The first kappa shape index (κ1) is 19.2. The highest BCUT2D eigenvalue weighted by Crippen LogP contribution is 2.35. The summed E-state index contributed by atoms with van der Waals surface area (Å²) in [5, 5.41) is 0. The zero-order valence-corrected chi connectivity index (χ0v) is 16.2. The van der Waals surface area contributed by atoms with Crippen molar-refractivity contribution in [1.29, 1.82) is 0 Å². The Balaban J connectivity index is 1.39. The van der Waals surface area contributed by atoms with E-state index in [2.05, 4.69) is 30.9 Å². The largest absolute Gasteiger partial charge is 0.207 e. The molecule has 2 aliphatic carbocycles. The van der Waals surface area contributed by atoms with Crippen LogP contribution in [0, 0.1) is 35.4 Å². The maximum atomic E-state index is 13.1. The summed E-state index contributed by atoms with van der Waals surface area (Å²) in [7, 11) is 0. The van der Waals surface area contributed by atoms with Gasteiger partial charge in [-0.2, -0.15) is 0 Å². The van der Waals surface area contributed by atoms with Crippen LogP contribution in [0.3, 0.4) is 0 Å². The van der Waals surface area contributed by atoms with Gasteiger partial charge in [0, 0.05) is 5.92 Å². The molecule has 0 spiro atoms. The third-order valence-corrected chi connectivity index (χ3v) is 6.40. The van der Waals surface area contributed by atoms with Gasteiger partial charge in [-0.15, -0.1) is 0 Å². The minimum atomic E-state index is -0.140. The number of rotatable bonds is 4. The molecule has 1 heteroatoms. The summed E-state index contributed by atoms with van der Waals surface area (Å²) in [6.45, 7) is 2.30. The van der Waals surface area contributed by atoms with E-state index in [4.69, 9.17) is 0 Å². The van der Waals surface area contributed by atoms with E-state index in [9.17, 15) is 4.39 Å². The van der Waals surface area contributed by atoms with Crippen molar-refractivity contribution in [3.05, 3.63) is 47.8 Å². The topological polar surface area (TPSA) is 0 Å². The van der Waals surface area contributed by atoms with E-state index in [-0.39, 0.29) is 5.82 Å². The van der Waals surface area contributed by atoms with Crippen LogP contribution < -0.4 is 0 Å². The summed E-state index contributed by atoms with van der Waals surface area (Å²) in [4.78, 5) is 0. The van der Waals surface area contributed by atoms with E-state index in [0.29, 0.717) is 11.8 Å². The van der Waals surface area contributed by atoms with Crippen molar-refractivity contribution in [2.24, 2.45) is 17.8 Å². The van der Waals surface area contributed by atoms with E-state index >= 15 is 0 Å². The van der Waals surface area contributed by atoms with E-state index in [1.54, 1.807) is 12.1 Å². The molecular weight excluding hydrogens is 319 g/mol. The fourth-order valence-corrected chi connectivity index (χ4v) is 4.73. The molecule has 1 aromatic rings. The van der Waals surface area contributed by atoms with Crippen LogP contribution >= 0.6 is 0 Å². The molecule has 1 aromatic carbocycles. The van der Waals surface area contributed by atoms with Crippen molar-refractivity contribution in [1.82, 2.24) is 0 Å². The molecule has 0 aromatic heterocycles. The Morgan fingerprint density at radius 3 is 2.31 bits per heavy atom. The van der Waals surface area contributed by atoms with E-state index in [1.165, 1.54) is 69.8 Å². The van der Waals surface area contributed by atoms with Crippen LogP contribution in [-0.2, 0) is 0 Å². The molecule has 2 saturated carbocycles. The van der Waals surface area contributed by atoms with Crippen molar-refractivity contribution in [3.63, 3.8) is 0 Å². The summed E-state index contributed by atoms with van der Waals surface area (Å²) in [5.41, 5.74) is 1.29. The molecule has 0 amide bonds. The minimum absolute atomic E-state index is 0.140. The minimum Gasteiger partial charge on any atom is -0.207 e. The summed E-state index contributed by atoms with van der Waals surface area (Å²) in [6, 6.07) is 7.07. The summed E-state index contributed by atoms with van der Waals surface area (Å²) >= 11 is 0. The van der Waals surface area contributed by atoms with Gasteiger partial charge in [-0.3, -0.25) is 0 Å². The van der Waals surface area contributed by atoms with Gasteiger partial charge in [0.25, 0.3) is 0 Å². The van der Waals surface area contributed by atoms with Crippen LogP contribution in [0.15, 0.2) is 36.4 Å². The summed E-state index contributed by atoms with van der Waals surface area (Å²) < 4.78 is 13.1. The zero-order chi connectivity index (χ0) is 18.2. The van der Waals surface area contributed by atoms with Gasteiger partial charge in [0.05, 0.1) is 0 Å². The Labute approximate surface area is 159 Å². The van der Waals surface area contributed by atoms with Gasteiger partial charge in [-0.05, 0) is 92.9 Å². The lowest BCUT2D eigenvalue weighted by atomic mass is 9.79. The van der Waals surface area contributed by atoms with Gasteiger partial charge < -0.3 is 0 Å². The fraction of sp³-hybridized carbons (Fsp3) is 0.600. The first-order valence-electron chi connectivity index (χ1n) is 10.7. The van der Waals surface area contributed by atoms with Crippen molar-refractivity contribution < 1.29 is 4.39 Å². The van der Waals surface area contributed by atoms with Crippen molar-refractivity contribution in [2.75, 3.05) is 0 Å². The molecule has 140 valence electrons. The lowest BCUT2D eigenvalue weighted by Gasteiger charge is -2.26. The molecule has 0 nitrogen and oxygen atoms in total. The Hall–Kier alpha value is -1.55. The molecule has 0 unspecified atom stereocenters. The second-order valence-corrected chi connectivity index (χ2v) is 8.32. The number of allylic oxidation sites excluding steroid dienone is 2. The lowest BCUT2D eigenvalue weighted by molar-refractivity contribution is 0.294. The maximum absolute atomic E-state index is 13.1. The van der Waals surface area contributed by atoms with Gasteiger partial charge in [-0.25, -0.2) is 4.39 Å². The predicted molar refractivity (Wildman–Crippen MR) is 108 cm³/mol. The molecule has 2 fully saturated rings. The smallest absolute Gasteiger partial charge is 0.123 e. The standard InChI is InChI=1S/C25H33F/c1-2-5-20-8-10-21(11-9-20)6-3-4-7-22-12-14-23(15-13-22)24-16-18-25(26)19-17-24/h3,6,16-23H,2,5,8-15H2,1H3/t20-,21-,22-,23-. The third kappa shape index (κ3) is 5.73. The second-order valence-electron chi connectivity index (χ2n) is 8.32. The molecule has 0 atom stereocenters. The highest BCUT2D eigenvalue weighted by molar-refractivity contribution is 5.23. The van der Waals surface area contributed by atoms with E-state index < -0.39 is 0 Å². The van der Waals surface area contributed by atoms with Crippen LogP contribution in [0.2, 0.25) is 0 Å². The van der Waals surface area contributed by atoms with Crippen molar-refractivity contribution in [2.45, 2.75) is 77.0 Å². The van der Waals surface area contributed by atoms with Gasteiger partial charge in [-0.1, -0.05) is 49.8 Å². The first-order valence-corrected chi connectivity index (χ1v) is 10.7. The van der Waals surface area contributed by atoms with Crippen LogP contribution in [-0.4, -0.2) is 0 Å². The molecule has 0 heterocycles. The van der Waals surface area contributed by atoms with Crippen LogP contribution in [0.25, 0.3) is 0 Å². The highest BCUT2D eigenvalue weighted by atomic mass is 19.1. The normalized spacial score (nSPS) is 29.3. The average Bonchev–Trinajstić information content (AvgIpc) is 2.68. The monoisotopic (exact) mass is 352 g/mol. The number of hydrogen-bond donors (Lipinski definition) is 0. The third-order valence-electron chi connectivity index (χ3n) is 6.40. The average molecular weight is 353 g/mol. The molecule has 0 aliphatic heterocycles. The van der Waals surface area contributed by atoms with Gasteiger partial charge >= 0.3 is 0 Å². The molecule has 2 aliphatic rings. The van der Waals surface area contributed by atoms with Crippen molar-refractivity contribution in [3.8, 4) is 11.8 Å². The second kappa shape index (κ2) is 9.96. The molecule has 26 heavy (non-hydrogen) atoms. The predicted octanol–water partition coefficient (Wildman–Crippen LogP) is 7.27. The van der Waals surface area contributed by atoms with E-state index in [0.717, 1.165) is 11.8 Å². The molecule has 0 radical (unpaired) electrons. The number of hydrogen-bond acceptors (Lipinski definition) is 0. The molecule has 0 N–H and O–H groups in total. The highest BCUT2D eigenvalue weighted by Gasteiger charge is 2.21. The lowest BCUT2D eigenvalue weighted by Crippen LogP contribution is -2.12. The Morgan fingerprint density at radius 2 is 1.65 bits per heavy atom. The summed E-state index contributed by atoms with van der Waals surface area (Å²) in [5.74, 6) is 9.51. The molecule has 0 bridgehead atoms. The van der Waals surface area contributed by atoms with Crippen LogP contribution in [0.4, 0.5) is 4.39 Å².